The molecule has 2 aromatic carbocycles. The van der Waals surface area contributed by atoms with Crippen molar-refractivity contribution in [3.63, 3.8) is 0 Å². The number of carbonyl (C=O) groups excluding carboxylic acids is 2. The average molecular weight is 613 g/mol. The Bertz CT molecular complexity index is 1640. The predicted molar refractivity (Wildman–Crippen MR) is 153 cm³/mol. The van der Waals surface area contributed by atoms with Crippen molar-refractivity contribution in [2.75, 3.05) is 11.9 Å². The normalized spacial score (nSPS) is 11.0. The molecule has 0 atom stereocenters. The van der Waals surface area contributed by atoms with Gasteiger partial charge in [-0.2, -0.15) is 13.5 Å². The van der Waals surface area contributed by atoms with Crippen molar-refractivity contribution < 1.29 is 27.8 Å². The van der Waals surface area contributed by atoms with Gasteiger partial charge in [0.1, 0.15) is 18.3 Å². The van der Waals surface area contributed by atoms with Gasteiger partial charge in [-0.1, -0.05) is 66.2 Å². The minimum atomic E-state index is -3.63. The molecule has 0 radical (unpaired) electrons. The van der Waals surface area contributed by atoms with E-state index in [9.17, 15) is 28.4 Å². The van der Waals surface area contributed by atoms with Crippen LogP contribution in [0, 0.1) is 5.21 Å². The maximum absolute atomic E-state index is 14.6. The lowest BCUT2D eigenvalue weighted by atomic mass is 10.1. The van der Waals surface area contributed by atoms with E-state index in [1.807, 2.05) is 30.3 Å². The summed E-state index contributed by atoms with van der Waals surface area (Å²) in [7, 11) is 0. The molecule has 2 heterocycles. The molecule has 4 aromatic rings. The number of carbonyl (C=O) groups is 2. The third-order valence-corrected chi connectivity index (χ3v) is 6.52. The number of benzene rings is 2. The van der Waals surface area contributed by atoms with Gasteiger partial charge in [0.05, 0.1) is 12.7 Å². The fourth-order valence-corrected chi connectivity index (χ4v) is 4.16. The Morgan fingerprint density at radius 1 is 0.977 bits per heavy atom. The molecule has 0 aliphatic heterocycles. The highest BCUT2D eigenvalue weighted by molar-refractivity contribution is 6.29. The zero-order chi connectivity index (χ0) is 30.8. The maximum Gasteiger partial charge on any atom is 0.407 e. The monoisotopic (exact) mass is 612 g/mol. The number of hydrogen-bond donors (Lipinski definition) is 3. The third kappa shape index (κ3) is 8.49. The van der Waals surface area contributed by atoms with E-state index in [0.29, 0.717) is 5.56 Å². The first kappa shape index (κ1) is 30.9. The Morgan fingerprint density at radius 3 is 2.33 bits per heavy atom. The topological polar surface area (TPSA) is 141 Å². The van der Waals surface area contributed by atoms with E-state index < -0.39 is 48.1 Å². The summed E-state index contributed by atoms with van der Waals surface area (Å²) >= 11 is 6.08. The van der Waals surface area contributed by atoms with Crippen LogP contribution in [-0.4, -0.2) is 28.1 Å². The first-order valence-corrected chi connectivity index (χ1v) is 13.4. The zero-order valence-electron chi connectivity index (χ0n) is 22.6. The number of alkyl carbamates (subject to hydrolysis) is 1. The number of pyridine rings is 1. The first-order valence-electron chi connectivity index (χ1n) is 13.0. The highest BCUT2D eigenvalue weighted by Gasteiger charge is 2.39. The van der Waals surface area contributed by atoms with Crippen LogP contribution in [0.1, 0.15) is 22.4 Å². The third-order valence-electron chi connectivity index (χ3n) is 6.21. The summed E-state index contributed by atoms with van der Waals surface area (Å²) in [6, 6.07) is 19.9. The lowest BCUT2D eigenvalue weighted by molar-refractivity contribution is -0.624. The number of nitrogens with zero attached hydrogens (tertiary/aromatic N) is 3. The number of nitrogens with one attached hydrogen (secondary N) is 3. The van der Waals surface area contributed by atoms with Gasteiger partial charge in [-0.15, -0.1) is 0 Å². The highest BCUT2D eigenvalue weighted by Crippen LogP contribution is 2.25. The van der Waals surface area contributed by atoms with Gasteiger partial charge in [-0.3, -0.25) is 14.2 Å². The molecule has 0 aliphatic rings. The number of rotatable bonds is 12. The van der Waals surface area contributed by atoms with E-state index in [4.69, 9.17) is 16.3 Å². The second kappa shape index (κ2) is 14.2. The molecule has 224 valence electrons. The second-order valence-electron chi connectivity index (χ2n) is 9.25. The fourth-order valence-electron chi connectivity index (χ4n) is 3.97. The van der Waals surface area contributed by atoms with Crippen molar-refractivity contribution in [3.8, 4) is 0 Å². The molecule has 4 rings (SSSR count). The molecule has 0 spiro atoms. The van der Waals surface area contributed by atoms with Gasteiger partial charge in [0.25, 0.3) is 11.3 Å². The summed E-state index contributed by atoms with van der Waals surface area (Å²) in [4.78, 5) is 41.5. The summed E-state index contributed by atoms with van der Waals surface area (Å²) in [6.45, 7) is -1.29. The van der Waals surface area contributed by atoms with Crippen LogP contribution in [0.3, 0.4) is 0 Å². The van der Waals surface area contributed by atoms with Crippen LogP contribution >= 0.6 is 11.6 Å². The van der Waals surface area contributed by atoms with E-state index in [1.54, 1.807) is 24.3 Å². The number of anilines is 1. The minimum absolute atomic E-state index is 0.0332. The predicted octanol–water partition coefficient (Wildman–Crippen LogP) is 3.48. The Hall–Kier alpha value is -5.04. The van der Waals surface area contributed by atoms with Crippen molar-refractivity contribution in [2.45, 2.75) is 32.2 Å². The minimum Gasteiger partial charge on any atom is -0.618 e. The SMILES string of the molecule is O=C(Cn1c(Cl)cnc(NCC(F)(F)c2cccc[n+]2[O-])c1=O)NCc1ccccc1CNC(=O)OCc1ccccc1. The van der Waals surface area contributed by atoms with Crippen LogP contribution < -0.4 is 26.2 Å². The second-order valence-corrected chi connectivity index (χ2v) is 9.64. The fraction of sp³-hybridized carbons (Fsp3) is 0.207. The van der Waals surface area contributed by atoms with E-state index >= 15 is 0 Å². The van der Waals surface area contributed by atoms with Crippen LogP contribution in [0.5, 0.6) is 0 Å². The number of amides is 2. The number of hydrogen-bond acceptors (Lipinski definition) is 7. The number of halogens is 3. The molecule has 0 saturated carbocycles. The van der Waals surface area contributed by atoms with Gasteiger partial charge < -0.3 is 25.9 Å². The Balaban J connectivity index is 1.33. The number of aromatic nitrogens is 3. The van der Waals surface area contributed by atoms with Gasteiger partial charge in [0, 0.05) is 25.2 Å². The largest absolute Gasteiger partial charge is 0.618 e. The van der Waals surface area contributed by atoms with Crippen LogP contribution in [0.4, 0.5) is 19.4 Å². The van der Waals surface area contributed by atoms with E-state index in [1.165, 1.54) is 12.1 Å². The van der Waals surface area contributed by atoms with Crippen molar-refractivity contribution in [3.05, 3.63) is 128 Å². The highest BCUT2D eigenvalue weighted by atomic mass is 35.5. The lowest BCUT2D eigenvalue weighted by Crippen LogP contribution is -2.41. The summed E-state index contributed by atoms with van der Waals surface area (Å²) in [5, 5.41) is 19.1. The number of ether oxygens (including phenoxy) is 1. The molecular weight excluding hydrogens is 586 g/mol. The lowest BCUT2D eigenvalue weighted by Gasteiger charge is -2.17. The standard InChI is InChI=1S/C29H27ClF2N6O5/c30-24-16-34-26(36-19-29(31,32)23-12-6-7-13-38(23)42)27(40)37(24)17-25(39)33-14-21-10-4-5-11-22(21)15-35-28(41)43-18-20-8-2-1-3-9-20/h1-13,16H,14-15,17-19H2,(H,33,39)(H,34,36)(H,35,41). The van der Waals surface area contributed by atoms with Crippen LogP contribution in [0.15, 0.2) is 90.0 Å². The molecule has 2 amide bonds. The van der Waals surface area contributed by atoms with Crippen molar-refractivity contribution in [1.29, 1.82) is 0 Å². The average Bonchev–Trinajstić information content (AvgIpc) is 3.00. The van der Waals surface area contributed by atoms with Crippen LogP contribution in [-0.2, 0) is 41.7 Å². The molecule has 0 aliphatic carbocycles. The molecular formula is C29H27ClF2N6O5. The van der Waals surface area contributed by atoms with Gasteiger partial charge in [-0.25, -0.2) is 9.78 Å². The molecule has 0 bridgehead atoms. The Kier molecular flexibility index (Phi) is 10.2. The maximum atomic E-state index is 14.6. The zero-order valence-corrected chi connectivity index (χ0v) is 23.4. The van der Waals surface area contributed by atoms with Crippen molar-refractivity contribution in [2.24, 2.45) is 0 Å². The summed E-state index contributed by atoms with van der Waals surface area (Å²) < 4.78 is 35.3. The quantitative estimate of drug-likeness (QED) is 0.164. The number of alkyl halides is 2. The molecule has 0 fully saturated rings. The van der Waals surface area contributed by atoms with Gasteiger partial charge in [0.15, 0.2) is 12.0 Å². The van der Waals surface area contributed by atoms with E-state index in [-0.39, 0.29) is 29.6 Å². The Labute approximate surface area is 249 Å². The van der Waals surface area contributed by atoms with Crippen molar-refractivity contribution in [1.82, 2.24) is 20.2 Å². The van der Waals surface area contributed by atoms with Gasteiger partial charge in [-0.05, 0) is 22.8 Å². The van der Waals surface area contributed by atoms with E-state index in [2.05, 4.69) is 20.9 Å². The summed E-state index contributed by atoms with van der Waals surface area (Å²) in [6.07, 6.45) is 1.38. The molecule has 11 nitrogen and oxygen atoms in total. The van der Waals surface area contributed by atoms with Gasteiger partial charge >= 0.3 is 12.0 Å². The smallest absolute Gasteiger partial charge is 0.407 e. The summed E-state index contributed by atoms with van der Waals surface area (Å²) in [5.41, 5.74) is 0.562. The van der Waals surface area contributed by atoms with Crippen LogP contribution in [0.25, 0.3) is 0 Å². The Morgan fingerprint density at radius 2 is 1.63 bits per heavy atom. The molecule has 3 N–H and O–H groups in total. The molecule has 2 aromatic heterocycles. The molecule has 43 heavy (non-hydrogen) atoms. The van der Waals surface area contributed by atoms with Crippen LogP contribution in [0.2, 0.25) is 5.15 Å². The van der Waals surface area contributed by atoms with Crippen molar-refractivity contribution >= 4 is 29.4 Å². The summed E-state index contributed by atoms with van der Waals surface area (Å²) in [5.74, 6) is -4.69. The van der Waals surface area contributed by atoms with E-state index in [0.717, 1.165) is 34.2 Å². The van der Waals surface area contributed by atoms with Gasteiger partial charge in [0.2, 0.25) is 5.91 Å². The molecule has 0 saturated heterocycles. The first-order chi connectivity index (χ1) is 20.6. The molecule has 14 heteroatoms. The molecule has 0 unspecified atom stereocenters.